The first-order chi connectivity index (χ1) is 7.52. The molecular formula is C12H18BrClN2. The Kier molecular flexibility index (Phi) is 5.56. The van der Waals surface area contributed by atoms with Crippen LogP contribution in [0.15, 0.2) is 16.6 Å². The zero-order valence-electron chi connectivity index (χ0n) is 9.93. The molecule has 0 aromatic carbocycles. The van der Waals surface area contributed by atoms with Crippen LogP contribution in [-0.2, 0) is 0 Å². The number of pyridine rings is 1. The molecule has 0 saturated carbocycles. The highest BCUT2D eigenvalue weighted by atomic mass is 79.9. The number of aryl methyl sites for hydroxylation is 1. The summed E-state index contributed by atoms with van der Waals surface area (Å²) in [6.07, 6.45) is 1.06. The van der Waals surface area contributed by atoms with Gasteiger partial charge >= 0.3 is 0 Å². The van der Waals surface area contributed by atoms with Gasteiger partial charge in [-0.25, -0.2) is 4.98 Å². The number of alkyl halides is 1. The maximum atomic E-state index is 5.93. The van der Waals surface area contributed by atoms with Gasteiger partial charge in [-0.05, 0) is 47.3 Å². The molecule has 1 heterocycles. The van der Waals surface area contributed by atoms with Crippen molar-refractivity contribution in [1.29, 1.82) is 0 Å². The van der Waals surface area contributed by atoms with Crippen molar-refractivity contribution in [2.45, 2.75) is 33.2 Å². The van der Waals surface area contributed by atoms with Gasteiger partial charge in [0.1, 0.15) is 5.82 Å². The lowest BCUT2D eigenvalue weighted by atomic mass is 10.1. The van der Waals surface area contributed by atoms with Gasteiger partial charge in [0.15, 0.2) is 0 Å². The van der Waals surface area contributed by atoms with Crippen molar-refractivity contribution in [2.24, 2.45) is 5.92 Å². The number of nitrogens with zero attached hydrogens (tertiary/aromatic N) is 1. The first-order valence-electron chi connectivity index (χ1n) is 5.48. The van der Waals surface area contributed by atoms with Crippen molar-refractivity contribution in [3.05, 3.63) is 22.3 Å². The topological polar surface area (TPSA) is 24.9 Å². The Morgan fingerprint density at radius 2 is 2.12 bits per heavy atom. The second-order valence-electron chi connectivity index (χ2n) is 4.39. The molecule has 0 saturated heterocycles. The number of hydrogen-bond donors (Lipinski definition) is 1. The number of anilines is 1. The molecule has 0 aliphatic heterocycles. The monoisotopic (exact) mass is 304 g/mol. The fourth-order valence-corrected chi connectivity index (χ4v) is 1.99. The van der Waals surface area contributed by atoms with E-state index in [9.17, 15) is 0 Å². The van der Waals surface area contributed by atoms with Crippen LogP contribution in [0.1, 0.15) is 26.0 Å². The van der Waals surface area contributed by atoms with E-state index >= 15 is 0 Å². The largest absolute Gasteiger partial charge is 0.366 e. The normalized spacial score (nSPS) is 12.9. The molecule has 2 nitrogen and oxygen atoms in total. The summed E-state index contributed by atoms with van der Waals surface area (Å²) in [5, 5.41) is 3.36. The first-order valence-corrected chi connectivity index (χ1v) is 6.81. The van der Waals surface area contributed by atoms with Gasteiger partial charge < -0.3 is 5.32 Å². The third kappa shape index (κ3) is 4.30. The summed E-state index contributed by atoms with van der Waals surface area (Å²) in [4.78, 5) is 4.45. The standard InChI is InChI=1S/C12H18BrClN2/c1-8(2)6-10(7-14)16-12-5-4-11(13)9(3)15-12/h4-5,8,10H,6-7H2,1-3H3,(H,15,16). The molecule has 16 heavy (non-hydrogen) atoms. The fourth-order valence-electron chi connectivity index (χ4n) is 1.56. The van der Waals surface area contributed by atoms with Crippen LogP contribution in [0, 0.1) is 12.8 Å². The Morgan fingerprint density at radius 1 is 1.44 bits per heavy atom. The molecule has 1 atom stereocenters. The van der Waals surface area contributed by atoms with E-state index in [2.05, 4.69) is 40.1 Å². The molecule has 1 aromatic heterocycles. The van der Waals surface area contributed by atoms with Gasteiger partial charge in [-0.15, -0.1) is 11.6 Å². The van der Waals surface area contributed by atoms with Gasteiger partial charge in [-0.2, -0.15) is 0 Å². The van der Waals surface area contributed by atoms with E-state index in [4.69, 9.17) is 11.6 Å². The molecule has 0 aliphatic rings. The van der Waals surface area contributed by atoms with Crippen LogP contribution in [0.25, 0.3) is 0 Å². The number of rotatable bonds is 5. The minimum atomic E-state index is 0.287. The lowest BCUT2D eigenvalue weighted by Crippen LogP contribution is -2.24. The van der Waals surface area contributed by atoms with Crippen molar-refractivity contribution >= 4 is 33.3 Å². The van der Waals surface area contributed by atoms with E-state index < -0.39 is 0 Å². The summed E-state index contributed by atoms with van der Waals surface area (Å²) in [6.45, 7) is 6.37. The molecule has 0 amide bonds. The Hall–Kier alpha value is -0.280. The maximum absolute atomic E-state index is 5.93. The summed E-state index contributed by atoms with van der Waals surface area (Å²) in [5.74, 6) is 2.13. The molecule has 1 rings (SSSR count). The highest BCUT2D eigenvalue weighted by Crippen LogP contribution is 2.18. The summed E-state index contributed by atoms with van der Waals surface area (Å²) < 4.78 is 1.03. The summed E-state index contributed by atoms with van der Waals surface area (Å²) in [5.41, 5.74) is 0.989. The van der Waals surface area contributed by atoms with Crippen molar-refractivity contribution in [3.8, 4) is 0 Å². The number of nitrogens with one attached hydrogen (secondary N) is 1. The SMILES string of the molecule is Cc1nc(NC(CCl)CC(C)C)ccc1Br. The second-order valence-corrected chi connectivity index (χ2v) is 5.55. The molecule has 1 aromatic rings. The summed E-state index contributed by atoms with van der Waals surface area (Å²) in [6, 6.07) is 4.26. The van der Waals surface area contributed by atoms with Gasteiger partial charge in [0, 0.05) is 16.4 Å². The summed E-state index contributed by atoms with van der Waals surface area (Å²) >= 11 is 9.37. The molecule has 90 valence electrons. The smallest absolute Gasteiger partial charge is 0.126 e. The third-order valence-electron chi connectivity index (χ3n) is 2.32. The molecular weight excluding hydrogens is 288 g/mol. The van der Waals surface area contributed by atoms with E-state index in [0.29, 0.717) is 11.8 Å². The lowest BCUT2D eigenvalue weighted by molar-refractivity contribution is 0.541. The Labute approximate surface area is 111 Å². The molecule has 0 spiro atoms. The first kappa shape index (κ1) is 13.8. The van der Waals surface area contributed by atoms with Crippen LogP contribution in [0.3, 0.4) is 0 Å². The highest BCUT2D eigenvalue weighted by molar-refractivity contribution is 9.10. The minimum Gasteiger partial charge on any atom is -0.366 e. The Balaban J connectivity index is 2.66. The van der Waals surface area contributed by atoms with E-state index in [1.807, 2.05) is 19.1 Å². The van der Waals surface area contributed by atoms with Crippen LogP contribution in [-0.4, -0.2) is 16.9 Å². The average Bonchev–Trinajstić information content (AvgIpc) is 2.22. The third-order valence-corrected chi connectivity index (χ3v) is 3.53. The fraction of sp³-hybridized carbons (Fsp3) is 0.583. The van der Waals surface area contributed by atoms with Gasteiger partial charge in [-0.1, -0.05) is 13.8 Å². The van der Waals surface area contributed by atoms with E-state index in [1.165, 1.54) is 0 Å². The minimum absolute atomic E-state index is 0.287. The van der Waals surface area contributed by atoms with E-state index in [-0.39, 0.29) is 6.04 Å². The van der Waals surface area contributed by atoms with Crippen LogP contribution >= 0.6 is 27.5 Å². The lowest BCUT2D eigenvalue weighted by Gasteiger charge is -2.19. The number of halogens is 2. The quantitative estimate of drug-likeness (QED) is 0.824. The molecule has 0 bridgehead atoms. The zero-order chi connectivity index (χ0) is 12.1. The van der Waals surface area contributed by atoms with E-state index in [1.54, 1.807) is 0 Å². The second kappa shape index (κ2) is 6.45. The summed E-state index contributed by atoms with van der Waals surface area (Å²) in [7, 11) is 0. The van der Waals surface area contributed by atoms with Crippen LogP contribution in [0.4, 0.5) is 5.82 Å². The number of hydrogen-bond acceptors (Lipinski definition) is 2. The predicted octanol–water partition coefficient (Wildman–Crippen LogP) is 4.22. The molecule has 0 aliphatic carbocycles. The highest BCUT2D eigenvalue weighted by Gasteiger charge is 2.10. The van der Waals surface area contributed by atoms with Crippen molar-refractivity contribution < 1.29 is 0 Å². The van der Waals surface area contributed by atoms with Gasteiger partial charge in [0.05, 0.1) is 5.69 Å². The van der Waals surface area contributed by atoms with Crippen molar-refractivity contribution in [2.75, 3.05) is 11.2 Å². The van der Waals surface area contributed by atoms with Crippen LogP contribution < -0.4 is 5.32 Å². The van der Waals surface area contributed by atoms with Crippen LogP contribution in [0.5, 0.6) is 0 Å². The van der Waals surface area contributed by atoms with Gasteiger partial charge in [-0.3, -0.25) is 0 Å². The van der Waals surface area contributed by atoms with Crippen molar-refractivity contribution in [3.63, 3.8) is 0 Å². The molecule has 4 heteroatoms. The molecule has 1 unspecified atom stereocenters. The predicted molar refractivity (Wildman–Crippen MR) is 74.3 cm³/mol. The van der Waals surface area contributed by atoms with Gasteiger partial charge in [0.2, 0.25) is 0 Å². The zero-order valence-corrected chi connectivity index (χ0v) is 12.3. The molecule has 0 radical (unpaired) electrons. The van der Waals surface area contributed by atoms with Crippen molar-refractivity contribution in [1.82, 2.24) is 4.98 Å². The molecule has 1 N–H and O–H groups in total. The maximum Gasteiger partial charge on any atom is 0.126 e. The Bertz CT molecular complexity index is 342. The van der Waals surface area contributed by atoms with E-state index in [0.717, 1.165) is 22.4 Å². The average molecular weight is 306 g/mol. The Morgan fingerprint density at radius 3 is 2.62 bits per heavy atom. The van der Waals surface area contributed by atoms with Gasteiger partial charge in [0.25, 0.3) is 0 Å². The number of aromatic nitrogens is 1. The molecule has 0 fully saturated rings. The van der Waals surface area contributed by atoms with Crippen LogP contribution in [0.2, 0.25) is 0 Å².